The maximum atomic E-state index is 4.97. The molecule has 2 nitrogen and oxygen atoms in total. The normalized spacial score (nSPS) is 12.5. The standard InChI is InChI=1S/C9H19NO/c1-4-9(3)10-7-6-8-11-5-2/h5,9-10H,2,4,6-8H2,1,3H3. The maximum Gasteiger partial charge on any atom is 0.0885 e. The Hall–Kier alpha value is -0.500. The van der Waals surface area contributed by atoms with Crippen LogP contribution in [0.1, 0.15) is 26.7 Å². The van der Waals surface area contributed by atoms with Gasteiger partial charge in [-0.15, -0.1) is 0 Å². The summed E-state index contributed by atoms with van der Waals surface area (Å²) < 4.78 is 4.97. The van der Waals surface area contributed by atoms with Crippen molar-refractivity contribution < 1.29 is 4.74 Å². The molecular weight excluding hydrogens is 138 g/mol. The van der Waals surface area contributed by atoms with E-state index in [-0.39, 0.29) is 0 Å². The van der Waals surface area contributed by atoms with Crippen LogP contribution in [-0.4, -0.2) is 19.2 Å². The van der Waals surface area contributed by atoms with Crippen LogP contribution in [0.25, 0.3) is 0 Å². The topological polar surface area (TPSA) is 21.3 Å². The van der Waals surface area contributed by atoms with Gasteiger partial charge in [-0.2, -0.15) is 0 Å². The zero-order chi connectivity index (χ0) is 8.53. The van der Waals surface area contributed by atoms with Crippen molar-refractivity contribution in [1.29, 1.82) is 0 Å². The van der Waals surface area contributed by atoms with Crippen LogP contribution < -0.4 is 5.32 Å². The molecule has 0 bridgehead atoms. The summed E-state index contributed by atoms with van der Waals surface area (Å²) in [7, 11) is 0. The Morgan fingerprint density at radius 2 is 2.36 bits per heavy atom. The van der Waals surface area contributed by atoms with Crippen LogP contribution in [0, 0.1) is 0 Å². The summed E-state index contributed by atoms with van der Waals surface area (Å²) in [6.07, 6.45) is 3.72. The van der Waals surface area contributed by atoms with E-state index in [4.69, 9.17) is 4.74 Å². The van der Waals surface area contributed by atoms with Gasteiger partial charge in [0.1, 0.15) is 0 Å². The summed E-state index contributed by atoms with van der Waals surface area (Å²) in [5.41, 5.74) is 0. The minimum absolute atomic E-state index is 0.624. The smallest absolute Gasteiger partial charge is 0.0885 e. The van der Waals surface area contributed by atoms with Gasteiger partial charge in [0.25, 0.3) is 0 Å². The van der Waals surface area contributed by atoms with Gasteiger partial charge in [0.05, 0.1) is 12.9 Å². The minimum atomic E-state index is 0.624. The van der Waals surface area contributed by atoms with E-state index >= 15 is 0 Å². The molecule has 0 heterocycles. The Bertz CT molecular complexity index is 93.6. The first-order valence-corrected chi connectivity index (χ1v) is 4.27. The van der Waals surface area contributed by atoms with Crippen LogP contribution in [0.5, 0.6) is 0 Å². The molecule has 0 aromatic rings. The molecule has 0 aliphatic heterocycles. The molecule has 0 aliphatic carbocycles. The van der Waals surface area contributed by atoms with Crippen molar-refractivity contribution in [3.05, 3.63) is 12.8 Å². The van der Waals surface area contributed by atoms with E-state index in [9.17, 15) is 0 Å². The van der Waals surface area contributed by atoms with Crippen LogP contribution in [0.4, 0.5) is 0 Å². The van der Waals surface area contributed by atoms with E-state index in [2.05, 4.69) is 25.7 Å². The first kappa shape index (κ1) is 10.5. The van der Waals surface area contributed by atoms with Crippen LogP contribution >= 0.6 is 0 Å². The van der Waals surface area contributed by atoms with Crippen molar-refractivity contribution in [2.24, 2.45) is 0 Å². The Morgan fingerprint density at radius 3 is 2.91 bits per heavy atom. The van der Waals surface area contributed by atoms with Crippen molar-refractivity contribution in [3.63, 3.8) is 0 Å². The molecule has 1 unspecified atom stereocenters. The molecule has 0 spiro atoms. The molecular formula is C9H19NO. The fraction of sp³-hybridized carbons (Fsp3) is 0.778. The van der Waals surface area contributed by atoms with Gasteiger partial charge < -0.3 is 10.1 Å². The Balaban J connectivity index is 2.95. The minimum Gasteiger partial charge on any atom is -0.502 e. The predicted octanol–water partition coefficient (Wildman–Crippen LogP) is 1.92. The molecule has 0 amide bonds. The molecule has 1 atom stereocenters. The van der Waals surface area contributed by atoms with E-state index in [0.717, 1.165) is 19.6 Å². The Kier molecular flexibility index (Phi) is 7.26. The predicted molar refractivity (Wildman–Crippen MR) is 48.5 cm³/mol. The van der Waals surface area contributed by atoms with Crippen LogP contribution in [0.3, 0.4) is 0 Å². The summed E-state index contributed by atoms with van der Waals surface area (Å²) in [6, 6.07) is 0.624. The van der Waals surface area contributed by atoms with Crippen molar-refractivity contribution in [1.82, 2.24) is 5.32 Å². The lowest BCUT2D eigenvalue weighted by Crippen LogP contribution is -2.26. The van der Waals surface area contributed by atoms with Gasteiger partial charge in [0.2, 0.25) is 0 Å². The zero-order valence-corrected chi connectivity index (χ0v) is 7.60. The average molecular weight is 157 g/mol. The molecule has 0 aromatic carbocycles. The molecule has 0 rings (SSSR count). The van der Waals surface area contributed by atoms with Gasteiger partial charge >= 0.3 is 0 Å². The van der Waals surface area contributed by atoms with Crippen LogP contribution in [0.15, 0.2) is 12.8 Å². The van der Waals surface area contributed by atoms with E-state index in [1.54, 1.807) is 0 Å². The second-order valence-electron chi connectivity index (χ2n) is 2.65. The van der Waals surface area contributed by atoms with Crippen molar-refractivity contribution in [2.45, 2.75) is 32.7 Å². The average Bonchev–Trinajstić information content (AvgIpc) is 2.04. The molecule has 2 heteroatoms. The molecule has 66 valence electrons. The lowest BCUT2D eigenvalue weighted by molar-refractivity contribution is 0.243. The van der Waals surface area contributed by atoms with Gasteiger partial charge in [-0.05, 0) is 26.3 Å². The highest BCUT2D eigenvalue weighted by Crippen LogP contribution is 1.88. The summed E-state index contributed by atoms with van der Waals surface area (Å²) >= 11 is 0. The van der Waals surface area contributed by atoms with Crippen LogP contribution in [0.2, 0.25) is 0 Å². The van der Waals surface area contributed by atoms with E-state index < -0.39 is 0 Å². The fourth-order valence-corrected chi connectivity index (χ4v) is 0.732. The quantitative estimate of drug-likeness (QED) is 0.450. The van der Waals surface area contributed by atoms with Crippen LogP contribution in [-0.2, 0) is 4.74 Å². The second kappa shape index (κ2) is 7.61. The van der Waals surface area contributed by atoms with Gasteiger partial charge in [-0.25, -0.2) is 0 Å². The van der Waals surface area contributed by atoms with Gasteiger partial charge in [0, 0.05) is 6.04 Å². The first-order valence-electron chi connectivity index (χ1n) is 4.27. The molecule has 0 aromatic heterocycles. The molecule has 1 N–H and O–H groups in total. The highest BCUT2D eigenvalue weighted by Gasteiger charge is 1.94. The highest BCUT2D eigenvalue weighted by atomic mass is 16.5. The Morgan fingerprint density at radius 1 is 1.64 bits per heavy atom. The third-order valence-electron chi connectivity index (χ3n) is 1.66. The van der Waals surface area contributed by atoms with Gasteiger partial charge in [-0.3, -0.25) is 0 Å². The van der Waals surface area contributed by atoms with E-state index in [1.165, 1.54) is 12.7 Å². The molecule has 0 aliphatic rings. The van der Waals surface area contributed by atoms with Gasteiger partial charge in [0.15, 0.2) is 0 Å². The lowest BCUT2D eigenvalue weighted by Gasteiger charge is -2.10. The van der Waals surface area contributed by atoms with Crippen molar-refractivity contribution >= 4 is 0 Å². The molecule has 0 saturated heterocycles. The summed E-state index contributed by atoms with van der Waals surface area (Å²) in [5, 5.41) is 3.38. The number of hydrogen-bond acceptors (Lipinski definition) is 2. The van der Waals surface area contributed by atoms with Gasteiger partial charge in [-0.1, -0.05) is 13.5 Å². The maximum absolute atomic E-state index is 4.97. The van der Waals surface area contributed by atoms with Crippen molar-refractivity contribution in [2.75, 3.05) is 13.2 Å². The third-order valence-corrected chi connectivity index (χ3v) is 1.66. The largest absolute Gasteiger partial charge is 0.502 e. The highest BCUT2D eigenvalue weighted by molar-refractivity contribution is 4.57. The number of rotatable bonds is 7. The number of ether oxygens (including phenoxy) is 1. The lowest BCUT2D eigenvalue weighted by atomic mass is 10.2. The second-order valence-corrected chi connectivity index (χ2v) is 2.65. The summed E-state index contributed by atoms with van der Waals surface area (Å²) in [6.45, 7) is 9.64. The molecule has 11 heavy (non-hydrogen) atoms. The molecule has 0 fully saturated rings. The first-order chi connectivity index (χ1) is 5.31. The molecule has 0 radical (unpaired) electrons. The Labute approximate surface area is 69.6 Å². The van der Waals surface area contributed by atoms with Crippen molar-refractivity contribution in [3.8, 4) is 0 Å². The van der Waals surface area contributed by atoms with E-state index in [0.29, 0.717) is 6.04 Å². The van der Waals surface area contributed by atoms with E-state index in [1.807, 2.05) is 0 Å². The third kappa shape index (κ3) is 7.40. The summed E-state index contributed by atoms with van der Waals surface area (Å²) in [5.74, 6) is 0. The fourth-order valence-electron chi connectivity index (χ4n) is 0.732. The molecule has 0 saturated carbocycles. The zero-order valence-electron chi connectivity index (χ0n) is 7.60. The number of nitrogens with one attached hydrogen (secondary N) is 1. The number of hydrogen-bond donors (Lipinski definition) is 1. The monoisotopic (exact) mass is 157 g/mol. The summed E-state index contributed by atoms with van der Waals surface area (Å²) in [4.78, 5) is 0. The SMILES string of the molecule is C=COCCCNC(C)CC.